The number of rotatable bonds is 4. The van der Waals surface area contributed by atoms with E-state index in [1.807, 2.05) is 31.2 Å². The number of aryl methyl sites for hydroxylation is 1. The van der Waals surface area contributed by atoms with Gasteiger partial charge in [0.05, 0.1) is 0 Å². The number of hydrogen-bond acceptors (Lipinski definition) is 2. The molecule has 0 fully saturated rings. The van der Waals surface area contributed by atoms with Crippen molar-refractivity contribution in [2.45, 2.75) is 17.6 Å². The molecule has 2 nitrogen and oxygen atoms in total. The largest absolute Gasteiger partial charge is 0.332 e. The lowest BCUT2D eigenvalue weighted by Gasteiger charge is -2.12. The second-order valence-electron chi connectivity index (χ2n) is 4.30. The number of thioether (sulfide) groups is 1. The molecule has 0 bridgehead atoms. The Morgan fingerprint density at radius 1 is 1.05 bits per heavy atom. The average molecular weight is 324 g/mol. The van der Waals surface area contributed by atoms with E-state index in [1.165, 1.54) is 0 Å². The lowest BCUT2D eigenvalue weighted by molar-refractivity contribution is 0.252. The van der Waals surface area contributed by atoms with Crippen molar-refractivity contribution in [3.05, 3.63) is 54.1 Å². The normalized spacial score (nSPS) is 10.5. The maximum absolute atomic E-state index is 12.2. The molecule has 2 N–H and O–H groups in total. The van der Waals surface area contributed by atoms with Crippen LogP contribution in [0.4, 0.5) is 20.2 Å². The average Bonchev–Trinajstić information content (AvgIpc) is 2.43. The Morgan fingerprint density at radius 3 is 2.33 bits per heavy atom. The van der Waals surface area contributed by atoms with Gasteiger partial charge in [-0.1, -0.05) is 30.0 Å². The van der Waals surface area contributed by atoms with E-state index >= 15 is 0 Å². The number of para-hydroxylation sites is 1. The van der Waals surface area contributed by atoms with Gasteiger partial charge < -0.3 is 10.6 Å². The molecule has 0 spiro atoms. The predicted octanol–water partition coefficient (Wildman–Crippen LogP) is 5.12. The number of anilines is 2. The Bertz CT molecular complexity index is 615. The first-order chi connectivity index (χ1) is 10.0. The van der Waals surface area contributed by atoms with E-state index in [0.717, 1.165) is 16.9 Å². The molecule has 0 aliphatic heterocycles. The second kappa shape index (κ2) is 7.38. The number of nitrogens with one attached hydrogen (secondary N) is 2. The van der Waals surface area contributed by atoms with Crippen LogP contribution in [0.2, 0.25) is 0 Å². The van der Waals surface area contributed by atoms with Gasteiger partial charge in [-0.3, -0.25) is 0 Å². The first-order valence-electron chi connectivity index (χ1n) is 6.23. The highest BCUT2D eigenvalue weighted by Crippen LogP contribution is 2.26. The van der Waals surface area contributed by atoms with E-state index in [0.29, 0.717) is 21.8 Å². The van der Waals surface area contributed by atoms with Gasteiger partial charge in [0.2, 0.25) is 0 Å². The molecule has 0 saturated heterocycles. The number of alkyl halides is 2. The molecule has 21 heavy (non-hydrogen) atoms. The number of thiocarbonyl (C=S) groups is 1. The van der Waals surface area contributed by atoms with E-state index in [-0.39, 0.29) is 0 Å². The fourth-order valence-corrected chi connectivity index (χ4v) is 2.44. The third kappa shape index (κ3) is 4.99. The highest BCUT2D eigenvalue weighted by molar-refractivity contribution is 7.99. The van der Waals surface area contributed by atoms with Gasteiger partial charge in [0, 0.05) is 16.3 Å². The van der Waals surface area contributed by atoms with Crippen molar-refractivity contribution in [3.8, 4) is 0 Å². The Labute approximate surface area is 131 Å². The summed E-state index contributed by atoms with van der Waals surface area (Å²) in [5.41, 5.74) is 2.77. The molecular formula is C15H14F2N2S2. The van der Waals surface area contributed by atoms with Crippen LogP contribution < -0.4 is 10.6 Å². The van der Waals surface area contributed by atoms with Gasteiger partial charge in [0.1, 0.15) is 0 Å². The van der Waals surface area contributed by atoms with Gasteiger partial charge in [-0.15, -0.1) is 0 Å². The van der Waals surface area contributed by atoms with Gasteiger partial charge in [-0.05, 0) is 55.0 Å². The van der Waals surface area contributed by atoms with Crippen molar-refractivity contribution in [1.82, 2.24) is 0 Å². The summed E-state index contributed by atoms with van der Waals surface area (Å²) in [7, 11) is 0. The molecule has 0 aliphatic rings. The van der Waals surface area contributed by atoms with Crippen LogP contribution in [0, 0.1) is 6.92 Å². The SMILES string of the molecule is Cc1ccccc1NC(=S)Nc1ccc(SC(F)F)cc1. The molecule has 0 amide bonds. The lowest BCUT2D eigenvalue weighted by atomic mass is 10.2. The van der Waals surface area contributed by atoms with Crippen molar-refractivity contribution in [2.75, 3.05) is 10.6 Å². The standard InChI is InChI=1S/C15H14F2N2S2/c1-10-4-2-3-5-13(10)19-15(20)18-11-6-8-12(9-7-11)21-14(16)17/h2-9,14H,1H3,(H2,18,19,20). The van der Waals surface area contributed by atoms with Gasteiger partial charge >= 0.3 is 0 Å². The van der Waals surface area contributed by atoms with Crippen LogP contribution in [0.3, 0.4) is 0 Å². The first-order valence-corrected chi connectivity index (χ1v) is 7.52. The third-order valence-electron chi connectivity index (χ3n) is 2.73. The van der Waals surface area contributed by atoms with E-state index in [4.69, 9.17) is 12.2 Å². The minimum Gasteiger partial charge on any atom is -0.332 e. The molecule has 0 atom stereocenters. The Hall–Kier alpha value is -1.66. The maximum atomic E-state index is 12.2. The molecule has 2 aromatic rings. The van der Waals surface area contributed by atoms with E-state index in [9.17, 15) is 8.78 Å². The molecule has 0 saturated carbocycles. The number of hydrogen-bond donors (Lipinski definition) is 2. The molecule has 0 aromatic heterocycles. The zero-order valence-electron chi connectivity index (χ0n) is 11.3. The van der Waals surface area contributed by atoms with E-state index < -0.39 is 5.76 Å². The van der Waals surface area contributed by atoms with Crippen LogP contribution in [-0.2, 0) is 0 Å². The van der Waals surface area contributed by atoms with E-state index in [2.05, 4.69) is 10.6 Å². The van der Waals surface area contributed by atoms with Crippen molar-refractivity contribution in [2.24, 2.45) is 0 Å². The zero-order valence-corrected chi connectivity index (χ0v) is 12.9. The summed E-state index contributed by atoms with van der Waals surface area (Å²) in [5, 5.41) is 6.58. The maximum Gasteiger partial charge on any atom is 0.288 e. The summed E-state index contributed by atoms with van der Waals surface area (Å²) in [6.45, 7) is 1.99. The van der Waals surface area contributed by atoms with Crippen molar-refractivity contribution in [3.63, 3.8) is 0 Å². The summed E-state index contributed by atoms with van der Waals surface area (Å²) in [6, 6.07) is 14.5. The quantitative estimate of drug-likeness (QED) is 0.602. The highest BCUT2D eigenvalue weighted by atomic mass is 32.2. The molecule has 0 heterocycles. The minimum atomic E-state index is -2.41. The fourth-order valence-electron chi connectivity index (χ4n) is 1.72. The Morgan fingerprint density at radius 2 is 1.71 bits per heavy atom. The molecule has 0 unspecified atom stereocenters. The highest BCUT2D eigenvalue weighted by Gasteiger charge is 2.05. The fraction of sp³-hybridized carbons (Fsp3) is 0.133. The van der Waals surface area contributed by atoms with Gasteiger partial charge in [-0.2, -0.15) is 8.78 Å². The molecule has 2 rings (SSSR count). The lowest BCUT2D eigenvalue weighted by Crippen LogP contribution is -2.19. The summed E-state index contributed by atoms with van der Waals surface area (Å²) in [5.74, 6) is -2.41. The van der Waals surface area contributed by atoms with Crippen molar-refractivity contribution >= 4 is 40.5 Å². The smallest absolute Gasteiger partial charge is 0.288 e. The summed E-state index contributed by atoms with van der Waals surface area (Å²) < 4.78 is 24.5. The molecule has 0 radical (unpaired) electrons. The van der Waals surface area contributed by atoms with Gasteiger partial charge in [-0.25, -0.2) is 0 Å². The molecule has 110 valence electrons. The van der Waals surface area contributed by atoms with Crippen LogP contribution in [0.5, 0.6) is 0 Å². The van der Waals surface area contributed by atoms with Gasteiger partial charge in [0.25, 0.3) is 5.76 Å². The Kier molecular flexibility index (Phi) is 5.52. The van der Waals surface area contributed by atoms with Crippen molar-refractivity contribution in [1.29, 1.82) is 0 Å². The number of benzene rings is 2. The molecule has 0 aliphatic carbocycles. The van der Waals surface area contributed by atoms with Crippen LogP contribution in [0.1, 0.15) is 5.56 Å². The summed E-state index contributed by atoms with van der Waals surface area (Å²) in [6.07, 6.45) is 0. The van der Waals surface area contributed by atoms with Crippen LogP contribution in [0.25, 0.3) is 0 Å². The summed E-state index contributed by atoms with van der Waals surface area (Å²) >= 11 is 5.75. The predicted molar refractivity (Wildman–Crippen MR) is 89.3 cm³/mol. The van der Waals surface area contributed by atoms with Crippen LogP contribution in [0.15, 0.2) is 53.4 Å². The molecule has 6 heteroatoms. The monoisotopic (exact) mass is 324 g/mol. The zero-order chi connectivity index (χ0) is 15.2. The first kappa shape index (κ1) is 15.7. The summed E-state index contributed by atoms with van der Waals surface area (Å²) in [4.78, 5) is 0.522. The molecular weight excluding hydrogens is 310 g/mol. The van der Waals surface area contributed by atoms with Crippen LogP contribution in [-0.4, -0.2) is 10.9 Å². The number of halogens is 2. The second-order valence-corrected chi connectivity index (χ2v) is 5.77. The minimum absolute atomic E-state index is 0.457. The van der Waals surface area contributed by atoms with Crippen molar-refractivity contribution < 1.29 is 8.78 Å². The third-order valence-corrected chi connectivity index (χ3v) is 3.66. The van der Waals surface area contributed by atoms with Gasteiger partial charge in [0.15, 0.2) is 5.11 Å². The molecule has 2 aromatic carbocycles. The topological polar surface area (TPSA) is 24.1 Å². The van der Waals surface area contributed by atoms with Crippen LogP contribution >= 0.6 is 24.0 Å². The van der Waals surface area contributed by atoms with E-state index in [1.54, 1.807) is 24.3 Å². The Balaban J connectivity index is 1.95.